The molecule has 0 aliphatic heterocycles. The Morgan fingerprint density at radius 2 is 0.794 bits per heavy atom. The summed E-state index contributed by atoms with van der Waals surface area (Å²) >= 11 is 0. The van der Waals surface area contributed by atoms with E-state index in [9.17, 15) is 0 Å². The summed E-state index contributed by atoms with van der Waals surface area (Å²) in [6.45, 7) is 0. The van der Waals surface area contributed by atoms with Crippen LogP contribution in [0.15, 0.2) is 261 Å². The third-order valence-electron chi connectivity index (χ3n) is 14.5. The number of hydrogen-bond donors (Lipinski definition) is 0. The Morgan fingerprint density at radius 3 is 1.50 bits per heavy atom. The van der Waals surface area contributed by atoms with Gasteiger partial charge in [0.2, 0.25) is 0 Å². The summed E-state index contributed by atoms with van der Waals surface area (Å²) < 4.78 is 2.42. The van der Waals surface area contributed by atoms with Crippen molar-refractivity contribution >= 4 is 66.7 Å². The van der Waals surface area contributed by atoms with E-state index in [1.54, 1.807) is 0 Å². The third-order valence-corrected chi connectivity index (χ3v) is 14.5. The van der Waals surface area contributed by atoms with E-state index in [1.807, 2.05) is 0 Å². The first-order valence-electron chi connectivity index (χ1n) is 23.5. The van der Waals surface area contributed by atoms with Crippen LogP contribution < -0.4 is 9.80 Å². The highest BCUT2D eigenvalue weighted by Gasteiger charge is 2.53. The highest BCUT2D eigenvalue weighted by atomic mass is 15.2. The van der Waals surface area contributed by atoms with Crippen molar-refractivity contribution in [3.05, 3.63) is 283 Å². The van der Waals surface area contributed by atoms with Gasteiger partial charge in [-0.3, -0.25) is 0 Å². The molecule has 14 rings (SSSR count). The van der Waals surface area contributed by atoms with Crippen molar-refractivity contribution in [3.63, 3.8) is 0 Å². The molecule has 0 bridgehead atoms. The quantitative estimate of drug-likeness (QED) is 0.158. The summed E-state index contributed by atoms with van der Waals surface area (Å²) in [5, 5.41) is 4.86. The summed E-state index contributed by atoms with van der Waals surface area (Å²) in [4.78, 5) is 4.93. The van der Waals surface area contributed by atoms with E-state index in [4.69, 9.17) is 0 Å². The lowest BCUT2D eigenvalue weighted by Gasteiger charge is -2.33. The molecule has 0 radical (unpaired) electrons. The molecule has 318 valence electrons. The van der Waals surface area contributed by atoms with Gasteiger partial charge >= 0.3 is 0 Å². The number of benzene rings is 11. The molecule has 0 amide bonds. The van der Waals surface area contributed by atoms with Crippen molar-refractivity contribution in [1.29, 1.82) is 0 Å². The summed E-state index contributed by atoms with van der Waals surface area (Å²) in [6, 6.07) is 96.2. The van der Waals surface area contributed by atoms with E-state index in [1.165, 1.54) is 77.3 Å². The summed E-state index contributed by atoms with van der Waals surface area (Å²) in [5.74, 6) is 0. The maximum absolute atomic E-state index is 2.54. The van der Waals surface area contributed by atoms with E-state index in [0.29, 0.717) is 0 Å². The largest absolute Gasteiger partial charge is 0.310 e. The van der Waals surface area contributed by atoms with Crippen LogP contribution in [0, 0.1) is 0 Å². The molecule has 2 aliphatic carbocycles. The van der Waals surface area contributed by atoms with Gasteiger partial charge < -0.3 is 14.4 Å². The molecule has 3 nitrogen and oxygen atoms in total. The van der Waals surface area contributed by atoms with E-state index in [2.05, 4.69) is 275 Å². The standard InChI is InChI=1S/C65H43N3/c1-5-22-45(23-6-1)66(46-24-7-2-8-25-46)49-37-39-53-52-31-15-18-34-57(52)65(59(53)42-49)58-35-19-16-33-56(58)63-60(65)41-44-21-13-14-30-51(44)64(63)67(47-26-9-3-10-27-47)50-38-40-55-54-32-17-20-36-61(54)68(62(55)43-50)48-28-11-4-12-29-48/h1-43H. The molecule has 12 aromatic rings. The van der Waals surface area contributed by atoms with Gasteiger partial charge in [-0.1, -0.05) is 176 Å². The zero-order valence-corrected chi connectivity index (χ0v) is 37.2. The minimum absolute atomic E-state index is 0.613. The minimum Gasteiger partial charge on any atom is -0.310 e. The Hall–Kier alpha value is -8.92. The number of aromatic nitrogens is 1. The van der Waals surface area contributed by atoms with Gasteiger partial charge in [-0.25, -0.2) is 0 Å². The fraction of sp³-hybridized carbons (Fsp3) is 0.0154. The van der Waals surface area contributed by atoms with Gasteiger partial charge in [0.1, 0.15) is 0 Å². The molecule has 1 spiro atoms. The third kappa shape index (κ3) is 5.47. The van der Waals surface area contributed by atoms with Crippen molar-refractivity contribution in [2.75, 3.05) is 9.80 Å². The molecule has 0 N–H and O–H groups in total. The highest BCUT2D eigenvalue weighted by Crippen LogP contribution is 2.66. The van der Waals surface area contributed by atoms with Crippen LogP contribution in [-0.2, 0) is 5.41 Å². The van der Waals surface area contributed by atoms with E-state index < -0.39 is 5.41 Å². The molecule has 1 aromatic heterocycles. The molecule has 0 saturated heterocycles. The van der Waals surface area contributed by atoms with Crippen LogP contribution in [0.3, 0.4) is 0 Å². The zero-order chi connectivity index (χ0) is 44.8. The highest BCUT2D eigenvalue weighted by molar-refractivity contribution is 6.14. The Kier molecular flexibility index (Phi) is 8.50. The average Bonchev–Trinajstić information content (AvgIpc) is 4.01. The summed E-state index contributed by atoms with van der Waals surface area (Å²) in [7, 11) is 0. The van der Waals surface area contributed by atoms with Gasteiger partial charge in [0.05, 0.1) is 22.1 Å². The van der Waals surface area contributed by atoms with E-state index in [0.717, 1.165) is 39.6 Å². The molecule has 1 atom stereocenters. The van der Waals surface area contributed by atoms with Gasteiger partial charge in [-0.2, -0.15) is 0 Å². The second kappa shape index (κ2) is 15.1. The fourth-order valence-corrected chi connectivity index (χ4v) is 11.8. The lowest BCUT2D eigenvalue weighted by Crippen LogP contribution is -2.26. The maximum Gasteiger partial charge on any atom is 0.0727 e. The number of hydrogen-bond acceptors (Lipinski definition) is 2. The minimum atomic E-state index is -0.613. The topological polar surface area (TPSA) is 11.4 Å². The smallest absolute Gasteiger partial charge is 0.0727 e. The van der Waals surface area contributed by atoms with Gasteiger partial charge in [-0.05, 0) is 129 Å². The van der Waals surface area contributed by atoms with Crippen molar-refractivity contribution < 1.29 is 0 Å². The molecule has 3 heteroatoms. The number of anilines is 6. The second-order valence-corrected chi connectivity index (χ2v) is 18.0. The molecular formula is C65H43N3. The Labute approximate surface area is 395 Å². The van der Waals surface area contributed by atoms with Gasteiger partial charge in [-0.15, -0.1) is 0 Å². The van der Waals surface area contributed by atoms with E-state index >= 15 is 0 Å². The fourth-order valence-electron chi connectivity index (χ4n) is 11.8. The lowest BCUT2D eigenvalue weighted by atomic mass is 9.70. The van der Waals surface area contributed by atoms with Gasteiger partial charge in [0, 0.05) is 55.8 Å². The van der Waals surface area contributed by atoms with Crippen LogP contribution >= 0.6 is 0 Å². The van der Waals surface area contributed by atoms with Crippen LogP contribution in [0.5, 0.6) is 0 Å². The SMILES string of the molecule is c1ccc(N(c2ccccc2)c2ccc3c(c2)C2(c4ccccc4-3)c3ccccc3-c3c2cc2ccccc2c3N(c2ccccc2)c2ccc3c4ccccc4n(-c4ccccc4)c3c2)cc1. The van der Waals surface area contributed by atoms with Gasteiger partial charge in [0.15, 0.2) is 0 Å². The average molecular weight is 866 g/mol. The van der Waals surface area contributed by atoms with Crippen LogP contribution in [0.4, 0.5) is 34.1 Å². The van der Waals surface area contributed by atoms with Crippen LogP contribution in [-0.4, -0.2) is 4.57 Å². The van der Waals surface area contributed by atoms with E-state index in [-0.39, 0.29) is 0 Å². The predicted octanol–water partition coefficient (Wildman–Crippen LogP) is 17.2. The Bertz CT molecular complexity index is 3870. The molecule has 1 unspecified atom stereocenters. The lowest BCUT2D eigenvalue weighted by molar-refractivity contribution is 0.795. The molecule has 0 fully saturated rings. The molecule has 68 heavy (non-hydrogen) atoms. The van der Waals surface area contributed by atoms with Crippen molar-refractivity contribution in [2.24, 2.45) is 0 Å². The molecular weight excluding hydrogens is 823 g/mol. The van der Waals surface area contributed by atoms with Gasteiger partial charge in [0.25, 0.3) is 0 Å². The number of nitrogens with zero attached hydrogens (tertiary/aromatic N) is 3. The first kappa shape index (κ1) is 38.4. The molecule has 1 heterocycles. The Balaban J connectivity index is 1.09. The molecule has 2 aliphatic rings. The summed E-state index contributed by atoms with van der Waals surface area (Å²) in [6.07, 6.45) is 0. The van der Waals surface area contributed by atoms with Crippen LogP contribution in [0.2, 0.25) is 0 Å². The first-order chi connectivity index (χ1) is 33.8. The van der Waals surface area contributed by atoms with Crippen LogP contribution in [0.1, 0.15) is 22.3 Å². The normalized spacial score (nSPS) is 14.2. The number of para-hydroxylation sites is 5. The molecule has 11 aromatic carbocycles. The molecule has 0 saturated carbocycles. The monoisotopic (exact) mass is 865 g/mol. The summed E-state index contributed by atoms with van der Waals surface area (Å²) in [5.41, 5.74) is 19.8. The number of rotatable bonds is 7. The van der Waals surface area contributed by atoms with Crippen LogP contribution in [0.25, 0.3) is 60.5 Å². The first-order valence-corrected chi connectivity index (χ1v) is 23.5. The van der Waals surface area contributed by atoms with Crippen molar-refractivity contribution in [2.45, 2.75) is 5.41 Å². The zero-order valence-electron chi connectivity index (χ0n) is 37.2. The number of fused-ring (bicyclic) bond motifs is 14. The Morgan fingerprint density at radius 1 is 0.294 bits per heavy atom. The predicted molar refractivity (Wildman–Crippen MR) is 284 cm³/mol. The van der Waals surface area contributed by atoms with Crippen molar-refractivity contribution in [3.8, 4) is 27.9 Å². The second-order valence-electron chi connectivity index (χ2n) is 18.0. The van der Waals surface area contributed by atoms with Crippen molar-refractivity contribution in [1.82, 2.24) is 4.57 Å². The maximum atomic E-state index is 2.54.